The first-order valence-electron chi connectivity index (χ1n) is 8.27. The number of aromatic nitrogens is 4. The minimum Gasteiger partial charge on any atom is -0.467 e. The Balaban J connectivity index is 1.89. The molecule has 1 fully saturated rings. The summed E-state index contributed by atoms with van der Waals surface area (Å²) in [5.41, 5.74) is 0.918. The Bertz CT molecular complexity index is 816. The lowest BCUT2D eigenvalue weighted by molar-refractivity contribution is 0.0728. The second-order valence-electron chi connectivity index (χ2n) is 6.33. The summed E-state index contributed by atoms with van der Waals surface area (Å²) in [5.74, 6) is 0.501. The van der Waals surface area contributed by atoms with E-state index in [9.17, 15) is 9.59 Å². The molecule has 1 amide bonds. The van der Waals surface area contributed by atoms with Gasteiger partial charge < -0.3 is 14.6 Å². The lowest BCUT2D eigenvalue weighted by Gasteiger charge is -2.24. The molecule has 1 saturated heterocycles. The van der Waals surface area contributed by atoms with E-state index in [4.69, 9.17) is 4.74 Å². The average molecular weight is 343 g/mol. The highest BCUT2D eigenvalue weighted by Crippen LogP contribution is 2.31. The van der Waals surface area contributed by atoms with E-state index in [0.29, 0.717) is 17.9 Å². The van der Waals surface area contributed by atoms with Crippen LogP contribution in [0.1, 0.15) is 60.5 Å². The number of nitrogens with zero attached hydrogens (tertiary/aromatic N) is 4. The van der Waals surface area contributed by atoms with Crippen LogP contribution in [0.3, 0.4) is 0 Å². The number of methoxy groups -OCH3 is 1. The zero-order valence-corrected chi connectivity index (χ0v) is 14.5. The van der Waals surface area contributed by atoms with Crippen LogP contribution in [0.15, 0.2) is 23.3 Å². The van der Waals surface area contributed by atoms with E-state index in [2.05, 4.69) is 19.9 Å². The van der Waals surface area contributed by atoms with E-state index in [-0.39, 0.29) is 29.4 Å². The number of likely N-dealkylation sites (tertiary alicyclic amines) is 1. The largest absolute Gasteiger partial charge is 0.467 e. The van der Waals surface area contributed by atoms with Crippen molar-refractivity contribution >= 4 is 5.91 Å². The molecule has 0 radical (unpaired) electrons. The lowest BCUT2D eigenvalue weighted by atomic mass is 10.1. The molecule has 2 aromatic heterocycles. The fourth-order valence-corrected chi connectivity index (χ4v) is 2.94. The van der Waals surface area contributed by atoms with E-state index in [1.807, 2.05) is 13.8 Å². The number of carbonyl (C=O) groups is 1. The van der Waals surface area contributed by atoms with Crippen molar-refractivity contribution in [2.75, 3.05) is 13.7 Å². The summed E-state index contributed by atoms with van der Waals surface area (Å²) in [6.07, 6.45) is 4.50. The van der Waals surface area contributed by atoms with Crippen LogP contribution in [0.25, 0.3) is 0 Å². The zero-order chi connectivity index (χ0) is 18.0. The highest BCUT2D eigenvalue weighted by atomic mass is 16.5. The molecule has 2 aromatic rings. The first kappa shape index (κ1) is 17.1. The standard InChI is InChI=1S/C17H21N5O3/c1-10(2)12-7-14(23)21-15(20-12)13-5-4-6-22(13)16(24)11-8-18-17(25-3)19-9-11/h7-10,13H,4-6H2,1-3H3,(H,20,21,23)/t13-/m0/s1. The fourth-order valence-electron chi connectivity index (χ4n) is 2.94. The molecule has 0 aromatic carbocycles. The molecule has 8 heteroatoms. The molecule has 0 bridgehead atoms. The van der Waals surface area contributed by atoms with Crippen molar-refractivity contribution in [2.45, 2.75) is 38.6 Å². The summed E-state index contributed by atoms with van der Waals surface area (Å²) in [5, 5.41) is 0. The van der Waals surface area contributed by atoms with Crippen molar-refractivity contribution in [3.8, 4) is 6.01 Å². The van der Waals surface area contributed by atoms with E-state index in [1.165, 1.54) is 25.6 Å². The van der Waals surface area contributed by atoms with Crippen molar-refractivity contribution in [1.82, 2.24) is 24.8 Å². The van der Waals surface area contributed by atoms with E-state index in [1.54, 1.807) is 4.90 Å². The van der Waals surface area contributed by atoms with Crippen molar-refractivity contribution in [3.05, 3.63) is 45.9 Å². The topological polar surface area (TPSA) is 101 Å². The third-order valence-corrected chi connectivity index (χ3v) is 4.26. The number of carbonyl (C=O) groups excluding carboxylic acids is 1. The number of nitrogens with one attached hydrogen (secondary N) is 1. The van der Waals surface area contributed by atoms with Crippen LogP contribution in [0, 0.1) is 0 Å². The zero-order valence-electron chi connectivity index (χ0n) is 14.5. The normalized spacial score (nSPS) is 17.1. The number of H-pyrrole nitrogens is 1. The predicted octanol–water partition coefficient (Wildman–Crippen LogP) is 1.67. The minimum absolute atomic E-state index is 0.140. The van der Waals surface area contributed by atoms with Gasteiger partial charge in [-0.1, -0.05) is 13.8 Å². The number of hydrogen-bond donors (Lipinski definition) is 1. The molecule has 1 N–H and O–H groups in total. The molecule has 25 heavy (non-hydrogen) atoms. The van der Waals surface area contributed by atoms with Gasteiger partial charge in [-0.05, 0) is 18.8 Å². The molecule has 1 aliphatic rings. The SMILES string of the molecule is COc1ncc(C(=O)N2CCC[C@H]2c2nc(C(C)C)cc(=O)[nH]2)cn1. The van der Waals surface area contributed by atoms with Gasteiger partial charge >= 0.3 is 6.01 Å². The highest BCUT2D eigenvalue weighted by Gasteiger charge is 2.33. The summed E-state index contributed by atoms with van der Waals surface area (Å²) in [6.45, 7) is 4.57. The van der Waals surface area contributed by atoms with Gasteiger partial charge in [0.15, 0.2) is 0 Å². The van der Waals surface area contributed by atoms with Gasteiger partial charge in [0.25, 0.3) is 11.5 Å². The molecular formula is C17H21N5O3. The Hall–Kier alpha value is -2.77. The molecule has 132 valence electrons. The first-order chi connectivity index (χ1) is 12.0. The fraction of sp³-hybridized carbons (Fsp3) is 0.471. The Kier molecular flexibility index (Phi) is 4.78. The van der Waals surface area contributed by atoms with Gasteiger partial charge in [-0.2, -0.15) is 0 Å². The summed E-state index contributed by atoms with van der Waals surface area (Å²) in [4.78, 5) is 41.8. The van der Waals surface area contributed by atoms with E-state index < -0.39 is 0 Å². The Morgan fingerprint density at radius 2 is 2.08 bits per heavy atom. The molecule has 3 heterocycles. The number of rotatable bonds is 4. The monoisotopic (exact) mass is 343 g/mol. The molecule has 1 aliphatic heterocycles. The molecule has 8 nitrogen and oxygen atoms in total. The first-order valence-corrected chi connectivity index (χ1v) is 8.27. The molecule has 0 unspecified atom stereocenters. The van der Waals surface area contributed by atoms with Gasteiger partial charge in [-0.15, -0.1) is 0 Å². The average Bonchev–Trinajstić information content (AvgIpc) is 3.10. The van der Waals surface area contributed by atoms with Crippen LogP contribution < -0.4 is 10.3 Å². The second kappa shape index (κ2) is 7.00. The van der Waals surface area contributed by atoms with Crippen molar-refractivity contribution < 1.29 is 9.53 Å². The third kappa shape index (κ3) is 3.52. The van der Waals surface area contributed by atoms with Crippen LogP contribution in [-0.4, -0.2) is 44.4 Å². The molecular weight excluding hydrogens is 322 g/mol. The van der Waals surface area contributed by atoms with Gasteiger partial charge in [0.05, 0.1) is 24.4 Å². The third-order valence-electron chi connectivity index (χ3n) is 4.26. The summed E-state index contributed by atoms with van der Waals surface area (Å²) >= 11 is 0. The van der Waals surface area contributed by atoms with Crippen LogP contribution in [-0.2, 0) is 0 Å². The quantitative estimate of drug-likeness (QED) is 0.906. The molecule has 0 saturated carbocycles. The van der Waals surface area contributed by atoms with Gasteiger partial charge in [-0.3, -0.25) is 9.59 Å². The maximum Gasteiger partial charge on any atom is 0.316 e. The van der Waals surface area contributed by atoms with Crippen molar-refractivity contribution in [2.24, 2.45) is 0 Å². The lowest BCUT2D eigenvalue weighted by Crippen LogP contribution is -2.32. The van der Waals surface area contributed by atoms with E-state index in [0.717, 1.165) is 18.5 Å². The number of amides is 1. The number of aromatic amines is 1. The highest BCUT2D eigenvalue weighted by molar-refractivity contribution is 5.94. The summed E-state index contributed by atoms with van der Waals surface area (Å²) in [7, 11) is 1.47. The van der Waals surface area contributed by atoms with Crippen molar-refractivity contribution in [1.29, 1.82) is 0 Å². The van der Waals surface area contributed by atoms with E-state index >= 15 is 0 Å². The van der Waals surface area contributed by atoms with Crippen LogP contribution in [0.2, 0.25) is 0 Å². The second-order valence-corrected chi connectivity index (χ2v) is 6.33. The molecule has 0 spiro atoms. The predicted molar refractivity (Wildman–Crippen MR) is 90.5 cm³/mol. The molecule has 3 rings (SSSR count). The smallest absolute Gasteiger partial charge is 0.316 e. The number of hydrogen-bond acceptors (Lipinski definition) is 6. The van der Waals surface area contributed by atoms with Gasteiger partial charge in [0, 0.05) is 25.0 Å². The van der Waals surface area contributed by atoms with Gasteiger partial charge in [0.2, 0.25) is 0 Å². The Morgan fingerprint density at radius 3 is 2.72 bits per heavy atom. The minimum atomic E-state index is -0.249. The Labute approximate surface area is 145 Å². The summed E-state index contributed by atoms with van der Waals surface area (Å²) < 4.78 is 4.92. The van der Waals surface area contributed by atoms with Gasteiger partial charge in [-0.25, -0.2) is 15.0 Å². The Morgan fingerprint density at radius 1 is 1.36 bits per heavy atom. The van der Waals surface area contributed by atoms with Crippen LogP contribution in [0.4, 0.5) is 0 Å². The molecule has 1 atom stereocenters. The van der Waals surface area contributed by atoms with Crippen molar-refractivity contribution in [3.63, 3.8) is 0 Å². The summed E-state index contributed by atoms with van der Waals surface area (Å²) in [6, 6.07) is 1.47. The van der Waals surface area contributed by atoms with Gasteiger partial charge in [0.1, 0.15) is 5.82 Å². The number of ether oxygens (including phenoxy) is 1. The molecule has 0 aliphatic carbocycles. The van der Waals surface area contributed by atoms with Crippen LogP contribution >= 0.6 is 0 Å². The maximum atomic E-state index is 12.8. The van der Waals surface area contributed by atoms with Crippen LogP contribution in [0.5, 0.6) is 6.01 Å². The maximum absolute atomic E-state index is 12.8.